The SMILES string of the molecule is CCOP(=S)(OCC)OC1C=C(C)NC(C(C)C)=N1. The van der Waals surface area contributed by atoms with E-state index >= 15 is 0 Å². The standard InChI is InChI=1S/C12H23N2O3PS/c1-6-15-18(19,16-7-2)17-11-8-10(5)13-12(14-11)9(3)4/h8-9,11H,6-7H2,1-5H3,(H,13,14). The molecule has 0 bridgehead atoms. The third-order valence-corrected chi connectivity index (χ3v) is 4.86. The predicted molar refractivity (Wildman–Crippen MR) is 81.6 cm³/mol. The number of amidine groups is 1. The molecule has 1 unspecified atom stereocenters. The molecule has 1 heterocycles. The van der Waals surface area contributed by atoms with Crippen molar-refractivity contribution in [3.63, 3.8) is 0 Å². The first kappa shape index (κ1) is 16.8. The Hall–Kier alpha value is -0.260. The Balaban J connectivity index is 2.83. The average molecular weight is 306 g/mol. The Bertz CT molecular complexity index is 400. The average Bonchev–Trinajstić information content (AvgIpc) is 2.28. The van der Waals surface area contributed by atoms with Gasteiger partial charge in [0.05, 0.1) is 13.2 Å². The largest absolute Gasteiger partial charge is 0.348 e. The van der Waals surface area contributed by atoms with Gasteiger partial charge >= 0.3 is 6.72 Å². The Labute approximate surface area is 120 Å². The third kappa shape index (κ3) is 5.32. The van der Waals surface area contributed by atoms with Crippen molar-refractivity contribution in [1.29, 1.82) is 0 Å². The molecule has 0 fully saturated rings. The number of aliphatic imine (C=N–C) groups is 1. The summed E-state index contributed by atoms with van der Waals surface area (Å²) in [7, 11) is 0. The van der Waals surface area contributed by atoms with Crippen LogP contribution in [-0.4, -0.2) is 25.3 Å². The Kier molecular flexibility index (Phi) is 6.63. The molecule has 7 heteroatoms. The van der Waals surface area contributed by atoms with E-state index in [1.807, 2.05) is 26.8 Å². The fourth-order valence-electron chi connectivity index (χ4n) is 1.56. The lowest BCUT2D eigenvalue weighted by molar-refractivity contribution is 0.144. The molecule has 0 saturated heterocycles. The highest BCUT2D eigenvalue weighted by molar-refractivity contribution is 8.07. The quantitative estimate of drug-likeness (QED) is 0.732. The molecule has 0 amide bonds. The minimum Gasteiger partial charge on any atom is -0.348 e. The molecule has 0 aliphatic carbocycles. The van der Waals surface area contributed by atoms with Crippen molar-refractivity contribution < 1.29 is 13.6 Å². The molecule has 110 valence electrons. The van der Waals surface area contributed by atoms with Crippen LogP contribution in [0.25, 0.3) is 0 Å². The number of allylic oxidation sites excluding steroid dienone is 1. The van der Waals surface area contributed by atoms with E-state index in [9.17, 15) is 0 Å². The van der Waals surface area contributed by atoms with Gasteiger partial charge in [-0.2, -0.15) is 0 Å². The molecule has 1 aliphatic rings. The predicted octanol–water partition coefficient (Wildman–Crippen LogP) is 3.19. The Morgan fingerprint density at radius 1 is 1.37 bits per heavy atom. The Morgan fingerprint density at radius 3 is 2.42 bits per heavy atom. The van der Waals surface area contributed by atoms with Crippen molar-refractivity contribution in [1.82, 2.24) is 5.32 Å². The maximum Gasteiger partial charge on any atom is 0.329 e. The molecule has 0 radical (unpaired) electrons. The van der Waals surface area contributed by atoms with Crippen LogP contribution in [0.5, 0.6) is 0 Å². The summed E-state index contributed by atoms with van der Waals surface area (Å²) in [5.74, 6) is 1.19. The summed E-state index contributed by atoms with van der Waals surface area (Å²) in [6, 6.07) is 0. The molecule has 5 nitrogen and oxygen atoms in total. The van der Waals surface area contributed by atoms with Crippen LogP contribution in [0.1, 0.15) is 34.6 Å². The van der Waals surface area contributed by atoms with Gasteiger partial charge in [-0.05, 0) is 38.7 Å². The maximum absolute atomic E-state index is 5.79. The van der Waals surface area contributed by atoms with Gasteiger partial charge in [-0.3, -0.25) is 4.52 Å². The van der Waals surface area contributed by atoms with E-state index in [4.69, 9.17) is 25.4 Å². The zero-order valence-electron chi connectivity index (χ0n) is 12.2. The molecule has 1 aliphatic heterocycles. The molecule has 19 heavy (non-hydrogen) atoms. The topological polar surface area (TPSA) is 52.1 Å². The first-order valence-electron chi connectivity index (χ1n) is 6.50. The highest BCUT2D eigenvalue weighted by Gasteiger charge is 2.26. The number of hydrogen-bond acceptors (Lipinski definition) is 6. The van der Waals surface area contributed by atoms with Gasteiger partial charge in [0.1, 0.15) is 5.84 Å². The fraction of sp³-hybridized carbons (Fsp3) is 0.750. The van der Waals surface area contributed by atoms with Crippen molar-refractivity contribution in [3.05, 3.63) is 11.8 Å². The summed E-state index contributed by atoms with van der Waals surface area (Å²) < 4.78 is 16.7. The van der Waals surface area contributed by atoms with Gasteiger partial charge in [-0.15, -0.1) is 0 Å². The summed E-state index contributed by atoms with van der Waals surface area (Å²) in [6.45, 7) is 8.07. The second-order valence-corrected chi connectivity index (χ2v) is 7.39. The summed E-state index contributed by atoms with van der Waals surface area (Å²) >= 11 is 5.35. The van der Waals surface area contributed by atoms with Crippen LogP contribution >= 0.6 is 6.72 Å². The van der Waals surface area contributed by atoms with Gasteiger partial charge in [0.25, 0.3) is 0 Å². The monoisotopic (exact) mass is 306 g/mol. The number of nitrogens with one attached hydrogen (secondary N) is 1. The van der Waals surface area contributed by atoms with Crippen LogP contribution in [0, 0.1) is 5.92 Å². The van der Waals surface area contributed by atoms with Crippen LogP contribution in [0.4, 0.5) is 0 Å². The van der Waals surface area contributed by atoms with E-state index < -0.39 is 12.9 Å². The van der Waals surface area contributed by atoms with E-state index in [2.05, 4.69) is 24.2 Å². The molecular weight excluding hydrogens is 283 g/mol. The molecule has 0 saturated carbocycles. The smallest absolute Gasteiger partial charge is 0.329 e. The van der Waals surface area contributed by atoms with E-state index in [1.54, 1.807) is 0 Å². The van der Waals surface area contributed by atoms with Crippen molar-refractivity contribution in [2.24, 2.45) is 10.9 Å². The van der Waals surface area contributed by atoms with Crippen molar-refractivity contribution in [2.75, 3.05) is 13.2 Å². The maximum atomic E-state index is 5.79. The highest BCUT2D eigenvalue weighted by atomic mass is 32.5. The lowest BCUT2D eigenvalue weighted by atomic mass is 10.1. The van der Waals surface area contributed by atoms with Gasteiger partial charge in [-0.25, -0.2) is 4.99 Å². The lowest BCUT2D eigenvalue weighted by Crippen LogP contribution is -2.33. The molecule has 0 aromatic heterocycles. The molecule has 1 rings (SSSR count). The minimum atomic E-state index is -2.72. The van der Waals surface area contributed by atoms with Crippen molar-refractivity contribution in [3.8, 4) is 0 Å². The van der Waals surface area contributed by atoms with Gasteiger partial charge in [0.15, 0.2) is 6.23 Å². The normalized spacial score (nSPS) is 20.0. The zero-order valence-corrected chi connectivity index (χ0v) is 13.9. The number of hydrogen-bond donors (Lipinski definition) is 1. The molecular formula is C12H23N2O3PS. The van der Waals surface area contributed by atoms with Crippen LogP contribution < -0.4 is 5.32 Å². The number of nitrogens with zero attached hydrogens (tertiary/aromatic N) is 1. The highest BCUT2D eigenvalue weighted by Crippen LogP contribution is 2.51. The van der Waals surface area contributed by atoms with E-state index in [1.165, 1.54) is 0 Å². The summed E-state index contributed by atoms with van der Waals surface area (Å²) in [4.78, 5) is 4.49. The van der Waals surface area contributed by atoms with Crippen molar-refractivity contribution >= 4 is 24.4 Å². The van der Waals surface area contributed by atoms with Crippen LogP contribution in [0.15, 0.2) is 16.8 Å². The minimum absolute atomic E-state index is 0.298. The number of rotatable bonds is 7. The lowest BCUT2D eigenvalue weighted by Gasteiger charge is -2.27. The molecule has 1 atom stereocenters. The van der Waals surface area contributed by atoms with E-state index in [-0.39, 0.29) is 0 Å². The van der Waals surface area contributed by atoms with Crippen molar-refractivity contribution in [2.45, 2.75) is 40.8 Å². The first-order chi connectivity index (χ1) is 8.90. The van der Waals surface area contributed by atoms with E-state index in [0.717, 1.165) is 11.5 Å². The van der Waals surface area contributed by atoms with Crippen LogP contribution in [-0.2, 0) is 25.4 Å². The summed E-state index contributed by atoms with van der Waals surface area (Å²) in [5, 5.41) is 3.22. The zero-order chi connectivity index (χ0) is 14.5. The second-order valence-electron chi connectivity index (χ2n) is 4.42. The Morgan fingerprint density at radius 2 is 1.95 bits per heavy atom. The summed E-state index contributed by atoms with van der Waals surface area (Å²) in [5.41, 5.74) is 0.998. The van der Waals surface area contributed by atoms with Crippen LogP contribution in [0.2, 0.25) is 0 Å². The van der Waals surface area contributed by atoms with E-state index in [0.29, 0.717) is 19.1 Å². The van der Waals surface area contributed by atoms with Gasteiger partial charge in [0, 0.05) is 11.6 Å². The third-order valence-electron chi connectivity index (χ3n) is 2.34. The fourth-order valence-corrected chi connectivity index (χ4v) is 3.66. The first-order valence-corrected chi connectivity index (χ1v) is 9.06. The van der Waals surface area contributed by atoms with Gasteiger partial charge < -0.3 is 14.4 Å². The molecule has 0 aromatic rings. The second kappa shape index (κ2) is 7.50. The van der Waals surface area contributed by atoms with Crippen LogP contribution in [0.3, 0.4) is 0 Å². The molecule has 0 aromatic carbocycles. The molecule has 1 N–H and O–H groups in total. The summed E-state index contributed by atoms with van der Waals surface area (Å²) in [6.07, 6.45) is 1.44. The van der Waals surface area contributed by atoms with Gasteiger partial charge in [-0.1, -0.05) is 13.8 Å². The van der Waals surface area contributed by atoms with Gasteiger partial charge in [0.2, 0.25) is 0 Å². The molecule has 0 spiro atoms.